The molecule has 12 heavy (non-hydrogen) atoms. The Balaban J connectivity index is 2.54. The highest BCUT2D eigenvalue weighted by atomic mass is 16.5. The third kappa shape index (κ3) is 1.07. The number of fused-ring (bicyclic) bond motifs is 1. The molecule has 1 aliphatic rings. The van der Waals surface area contributed by atoms with Crippen LogP contribution in [-0.2, 0) is 0 Å². The van der Waals surface area contributed by atoms with Crippen LogP contribution < -0.4 is 4.74 Å². The Kier molecular flexibility index (Phi) is 1.57. The quantitative estimate of drug-likeness (QED) is 0.579. The number of aromatic nitrogens is 1. The number of Topliss-reactive ketones (excluding diaryl/α,β-unsaturated/α-hetero) is 1. The van der Waals surface area contributed by atoms with Gasteiger partial charge >= 0.3 is 0 Å². The third-order valence-corrected chi connectivity index (χ3v) is 1.89. The van der Waals surface area contributed by atoms with Gasteiger partial charge in [-0.1, -0.05) is 0 Å². The monoisotopic (exact) mass is 163 g/mol. The maximum Gasteiger partial charge on any atom is 0.170 e. The van der Waals surface area contributed by atoms with Crippen molar-refractivity contribution in [3.05, 3.63) is 23.5 Å². The predicted molar refractivity (Wildman–Crippen MR) is 43.4 cm³/mol. The van der Waals surface area contributed by atoms with Gasteiger partial charge < -0.3 is 4.74 Å². The zero-order valence-electron chi connectivity index (χ0n) is 6.83. The second kappa shape index (κ2) is 2.59. The van der Waals surface area contributed by atoms with E-state index in [0.717, 1.165) is 5.69 Å². The summed E-state index contributed by atoms with van der Waals surface area (Å²) >= 11 is 0. The van der Waals surface area contributed by atoms with E-state index in [1.165, 1.54) is 0 Å². The first-order valence-electron chi connectivity index (χ1n) is 3.90. The Hall–Kier alpha value is -1.38. The zero-order chi connectivity index (χ0) is 8.55. The lowest BCUT2D eigenvalue weighted by atomic mass is 10.1. The van der Waals surface area contributed by atoms with E-state index in [4.69, 9.17) is 4.74 Å². The van der Waals surface area contributed by atoms with E-state index in [1.54, 1.807) is 12.3 Å². The van der Waals surface area contributed by atoms with E-state index in [2.05, 4.69) is 4.98 Å². The highest BCUT2D eigenvalue weighted by Gasteiger charge is 2.18. The van der Waals surface area contributed by atoms with E-state index in [1.807, 2.05) is 6.92 Å². The van der Waals surface area contributed by atoms with Gasteiger partial charge in [-0.05, 0) is 13.0 Å². The smallest absolute Gasteiger partial charge is 0.170 e. The molecular formula is C9H9NO2. The maximum absolute atomic E-state index is 11.3. The average molecular weight is 163 g/mol. The van der Waals surface area contributed by atoms with Crippen molar-refractivity contribution in [1.82, 2.24) is 4.98 Å². The molecule has 0 N–H and O–H groups in total. The van der Waals surface area contributed by atoms with Gasteiger partial charge in [-0.3, -0.25) is 9.78 Å². The van der Waals surface area contributed by atoms with E-state index < -0.39 is 0 Å². The summed E-state index contributed by atoms with van der Waals surface area (Å²) in [6.07, 6.45) is 2.10. The molecule has 0 amide bonds. The number of nitrogens with zero attached hydrogens (tertiary/aromatic N) is 1. The van der Waals surface area contributed by atoms with Gasteiger partial charge in [0.2, 0.25) is 0 Å². The highest BCUT2D eigenvalue weighted by Crippen LogP contribution is 2.23. The molecule has 2 heterocycles. The molecule has 0 spiro atoms. The second-order valence-corrected chi connectivity index (χ2v) is 2.84. The lowest BCUT2D eigenvalue weighted by Gasteiger charge is -2.15. The van der Waals surface area contributed by atoms with Crippen LogP contribution in [-0.4, -0.2) is 17.4 Å². The van der Waals surface area contributed by atoms with Crippen LogP contribution in [0.1, 0.15) is 22.5 Å². The Labute approximate surface area is 70.4 Å². The molecule has 2 rings (SSSR count). The van der Waals surface area contributed by atoms with Crippen molar-refractivity contribution in [2.75, 3.05) is 6.61 Å². The zero-order valence-corrected chi connectivity index (χ0v) is 6.83. The number of carbonyl (C=O) groups excluding carboxylic acids is 1. The maximum atomic E-state index is 11.3. The first kappa shape index (κ1) is 7.28. The molecule has 0 atom stereocenters. The van der Waals surface area contributed by atoms with Gasteiger partial charge in [-0.25, -0.2) is 0 Å². The molecule has 0 radical (unpaired) electrons. The Bertz CT molecular complexity index is 333. The van der Waals surface area contributed by atoms with E-state index in [-0.39, 0.29) is 5.78 Å². The molecule has 0 saturated heterocycles. The average Bonchev–Trinajstić information content (AvgIpc) is 2.07. The highest BCUT2D eigenvalue weighted by molar-refractivity contribution is 5.99. The number of hydrogen-bond donors (Lipinski definition) is 0. The SMILES string of the molecule is Cc1cc2c(cn1)OCCC2=O. The largest absolute Gasteiger partial charge is 0.491 e. The summed E-state index contributed by atoms with van der Waals surface area (Å²) in [4.78, 5) is 15.4. The van der Waals surface area contributed by atoms with Crippen LogP contribution in [0.2, 0.25) is 0 Å². The fourth-order valence-electron chi connectivity index (χ4n) is 1.27. The van der Waals surface area contributed by atoms with Crippen LogP contribution in [0, 0.1) is 6.92 Å². The molecule has 0 saturated carbocycles. The molecule has 0 fully saturated rings. The normalized spacial score (nSPS) is 15.2. The van der Waals surface area contributed by atoms with Crippen LogP contribution in [0.15, 0.2) is 12.3 Å². The molecule has 62 valence electrons. The van der Waals surface area contributed by atoms with Gasteiger partial charge in [0, 0.05) is 12.1 Å². The van der Waals surface area contributed by atoms with Crippen LogP contribution in [0.25, 0.3) is 0 Å². The molecule has 1 aromatic rings. The third-order valence-electron chi connectivity index (χ3n) is 1.89. The number of pyridine rings is 1. The topological polar surface area (TPSA) is 39.2 Å². The van der Waals surface area contributed by atoms with Gasteiger partial charge in [0.1, 0.15) is 5.75 Å². The van der Waals surface area contributed by atoms with Gasteiger partial charge in [-0.15, -0.1) is 0 Å². The summed E-state index contributed by atoms with van der Waals surface area (Å²) in [5.41, 5.74) is 1.53. The van der Waals surface area contributed by atoms with E-state index in [0.29, 0.717) is 24.3 Å². The molecular weight excluding hydrogens is 154 g/mol. The van der Waals surface area contributed by atoms with Crippen molar-refractivity contribution in [2.45, 2.75) is 13.3 Å². The molecule has 0 bridgehead atoms. The van der Waals surface area contributed by atoms with Crippen molar-refractivity contribution in [1.29, 1.82) is 0 Å². The van der Waals surface area contributed by atoms with E-state index in [9.17, 15) is 4.79 Å². The lowest BCUT2D eigenvalue weighted by Crippen LogP contribution is -2.15. The minimum Gasteiger partial charge on any atom is -0.491 e. The fourth-order valence-corrected chi connectivity index (χ4v) is 1.27. The van der Waals surface area contributed by atoms with Crippen molar-refractivity contribution >= 4 is 5.78 Å². The first-order chi connectivity index (χ1) is 5.77. The molecule has 3 nitrogen and oxygen atoms in total. The number of aryl methyl sites for hydroxylation is 1. The van der Waals surface area contributed by atoms with Gasteiger partial charge in [-0.2, -0.15) is 0 Å². The summed E-state index contributed by atoms with van der Waals surface area (Å²) in [5, 5.41) is 0. The summed E-state index contributed by atoms with van der Waals surface area (Å²) in [6.45, 7) is 2.35. The second-order valence-electron chi connectivity index (χ2n) is 2.84. The number of rotatable bonds is 0. The molecule has 1 aromatic heterocycles. The van der Waals surface area contributed by atoms with Gasteiger partial charge in [0.15, 0.2) is 5.78 Å². The van der Waals surface area contributed by atoms with Crippen molar-refractivity contribution in [2.24, 2.45) is 0 Å². The van der Waals surface area contributed by atoms with Gasteiger partial charge in [0.05, 0.1) is 18.4 Å². The minimum atomic E-state index is 0.154. The Morgan fingerprint density at radius 3 is 3.25 bits per heavy atom. The van der Waals surface area contributed by atoms with Crippen molar-refractivity contribution in [3.8, 4) is 5.75 Å². The summed E-state index contributed by atoms with van der Waals surface area (Å²) in [5.74, 6) is 0.776. The first-order valence-corrected chi connectivity index (χ1v) is 3.90. The van der Waals surface area contributed by atoms with Crippen molar-refractivity contribution < 1.29 is 9.53 Å². The summed E-state index contributed by atoms with van der Waals surface area (Å²) < 4.78 is 5.27. The van der Waals surface area contributed by atoms with Gasteiger partial charge in [0.25, 0.3) is 0 Å². The lowest BCUT2D eigenvalue weighted by molar-refractivity contribution is 0.0933. The number of carbonyl (C=O) groups is 1. The molecule has 3 heteroatoms. The predicted octanol–water partition coefficient (Wildman–Crippen LogP) is 1.36. The number of ketones is 1. The molecule has 0 unspecified atom stereocenters. The minimum absolute atomic E-state index is 0.154. The summed E-state index contributed by atoms with van der Waals surface area (Å²) in [7, 11) is 0. The molecule has 1 aliphatic heterocycles. The molecule has 0 aliphatic carbocycles. The van der Waals surface area contributed by atoms with Crippen LogP contribution in [0.5, 0.6) is 5.75 Å². The van der Waals surface area contributed by atoms with Crippen LogP contribution >= 0.6 is 0 Å². The van der Waals surface area contributed by atoms with Crippen LogP contribution in [0.3, 0.4) is 0 Å². The standard InChI is InChI=1S/C9H9NO2/c1-6-4-7-8(11)2-3-12-9(7)5-10-6/h4-5H,2-3H2,1H3. The Morgan fingerprint density at radius 1 is 1.58 bits per heavy atom. The van der Waals surface area contributed by atoms with E-state index >= 15 is 0 Å². The Morgan fingerprint density at radius 2 is 2.42 bits per heavy atom. The summed E-state index contributed by atoms with van der Waals surface area (Å²) in [6, 6.07) is 1.77. The van der Waals surface area contributed by atoms with Crippen LogP contribution in [0.4, 0.5) is 0 Å². The number of ether oxygens (including phenoxy) is 1. The fraction of sp³-hybridized carbons (Fsp3) is 0.333. The molecule has 0 aromatic carbocycles. The number of hydrogen-bond acceptors (Lipinski definition) is 3. The van der Waals surface area contributed by atoms with Crippen molar-refractivity contribution in [3.63, 3.8) is 0 Å².